The smallest absolute Gasteiger partial charge is 0.223 e. The molecule has 0 aliphatic rings. The van der Waals surface area contributed by atoms with Crippen molar-refractivity contribution in [3.05, 3.63) is 74.6 Å². The number of methoxy groups -OCH3 is 1. The van der Waals surface area contributed by atoms with E-state index in [9.17, 15) is 4.79 Å². The third-order valence-corrected chi connectivity index (χ3v) is 5.72. The van der Waals surface area contributed by atoms with Crippen molar-refractivity contribution in [1.82, 2.24) is 4.90 Å². The van der Waals surface area contributed by atoms with Crippen LogP contribution in [0.4, 0.5) is 0 Å². The molecule has 130 valence electrons. The number of thiophene rings is 2. The molecule has 0 aliphatic carbocycles. The first-order chi connectivity index (χ1) is 12.2. The zero-order valence-electron chi connectivity index (χ0n) is 14.2. The van der Waals surface area contributed by atoms with Gasteiger partial charge in [0.15, 0.2) is 0 Å². The fourth-order valence-electron chi connectivity index (χ4n) is 2.62. The lowest BCUT2D eigenvalue weighted by atomic mass is 10.1. The van der Waals surface area contributed by atoms with Crippen molar-refractivity contribution >= 4 is 28.6 Å². The maximum Gasteiger partial charge on any atom is 0.223 e. The van der Waals surface area contributed by atoms with E-state index in [4.69, 9.17) is 4.74 Å². The number of ether oxygens (including phenoxy) is 1. The lowest BCUT2D eigenvalue weighted by Gasteiger charge is -2.21. The molecule has 0 spiro atoms. The minimum atomic E-state index is 0.192. The van der Waals surface area contributed by atoms with Crippen LogP contribution in [0.25, 0.3) is 0 Å². The number of hydrogen-bond acceptors (Lipinski definition) is 4. The van der Waals surface area contributed by atoms with Crippen molar-refractivity contribution in [2.24, 2.45) is 0 Å². The third kappa shape index (κ3) is 5.18. The molecule has 0 N–H and O–H groups in total. The summed E-state index contributed by atoms with van der Waals surface area (Å²) in [5.41, 5.74) is 1.15. The number of carbonyl (C=O) groups is 1. The molecule has 0 saturated carbocycles. The highest BCUT2D eigenvalue weighted by Gasteiger charge is 2.15. The summed E-state index contributed by atoms with van der Waals surface area (Å²) < 4.78 is 5.18. The molecular weight excluding hydrogens is 350 g/mol. The average molecular weight is 372 g/mol. The van der Waals surface area contributed by atoms with E-state index in [0.29, 0.717) is 19.5 Å². The molecule has 3 nitrogen and oxygen atoms in total. The second-order valence-corrected chi connectivity index (χ2v) is 7.82. The van der Waals surface area contributed by atoms with Crippen molar-refractivity contribution in [2.75, 3.05) is 7.11 Å². The number of nitrogens with zero attached hydrogens (tertiary/aromatic N) is 1. The first-order valence-electron chi connectivity index (χ1n) is 8.20. The normalized spacial score (nSPS) is 10.6. The minimum absolute atomic E-state index is 0.192. The number of rotatable bonds is 8. The molecule has 2 heterocycles. The quantitative estimate of drug-likeness (QED) is 0.559. The van der Waals surface area contributed by atoms with Gasteiger partial charge in [0.25, 0.3) is 0 Å². The van der Waals surface area contributed by atoms with E-state index in [0.717, 1.165) is 17.7 Å². The van der Waals surface area contributed by atoms with Crippen LogP contribution in [0.5, 0.6) is 5.75 Å². The Labute approximate surface area is 156 Å². The molecule has 0 aliphatic heterocycles. The minimum Gasteiger partial charge on any atom is -0.497 e. The number of amides is 1. The van der Waals surface area contributed by atoms with Gasteiger partial charge in [0.1, 0.15) is 5.75 Å². The summed E-state index contributed by atoms with van der Waals surface area (Å²) in [7, 11) is 1.66. The van der Waals surface area contributed by atoms with Crippen LogP contribution in [-0.4, -0.2) is 17.9 Å². The lowest BCUT2D eigenvalue weighted by Crippen LogP contribution is -2.29. The van der Waals surface area contributed by atoms with E-state index >= 15 is 0 Å². The maximum absolute atomic E-state index is 12.8. The molecule has 25 heavy (non-hydrogen) atoms. The largest absolute Gasteiger partial charge is 0.497 e. The molecule has 0 bridgehead atoms. The molecule has 0 saturated heterocycles. The summed E-state index contributed by atoms with van der Waals surface area (Å²) >= 11 is 3.39. The van der Waals surface area contributed by atoms with Crippen molar-refractivity contribution in [3.8, 4) is 5.75 Å². The number of aryl methyl sites for hydroxylation is 1. The van der Waals surface area contributed by atoms with Gasteiger partial charge in [0.05, 0.1) is 20.2 Å². The highest BCUT2D eigenvalue weighted by Crippen LogP contribution is 2.19. The summed E-state index contributed by atoms with van der Waals surface area (Å²) in [6.07, 6.45) is 1.26. The Bertz CT molecular complexity index is 728. The predicted molar refractivity (Wildman–Crippen MR) is 104 cm³/mol. The molecule has 0 unspecified atom stereocenters. The molecule has 0 atom stereocenters. The van der Waals surface area contributed by atoms with Crippen LogP contribution in [0.1, 0.15) is 21.7 Å². The number of hydrogen-bond donors (Lipinski definition) is 0. The van der Waals surface area contributed by atoms with Crippen molar-refractivity contribution in [2.45, 2.75) is 25.9 Å². The standard InChI is InChI=1S/C20H21NO2S2/c1-23-17-9-6-16(7-10-17)8-11-20(22)21(14-18-4-2-12-24-18)15-19-5-3-13-25-19/h2-7,9-10,12-13H,8,11,14-15H2,1H3. The molecule has 3 aromatic rings. The van der Waals surface area contributed by atoms with Gasteiger partial charge in [-0.1, -0.05) is 24.3 Å². The van der Waals surface area contributed by atoms with E-state index in [2.05, 4.69) is 22.9 Å². The molecule has 0 radical (unpaired) electrons. The summed E-state index contributed by atoms with van der Waals surface area (Å²) in [5, 5.41) is 4.11. The van der Waals surface area contributed by atoms with E-state index in [1.807, 2.05) is 41.3 Å². The molecular formula is C20H21NO2S2. The zero-order valence-corrected chi connectivity index (χ0v) is 15.8. The first kappa shape index (κ1) is 17.7. The van der Waals surface area contributed by atoms with Crippen LogP contribution in [0.3, 0.4) is 0 Å². The van der Waals surface area contributed by atoms with Gasteiger partial charge in [-0.2, -0.15) is 0 Å². The molecule has 0 fully saturated rings. The Morgan fingerprint density at radius 1 is 0.960 bits per heavy atom. The second kappa shape index (κ2) is 8.83. The summed E-state index contributed by atoms with van der Waals surface area (Å²) in [5.74, 6) is 1.03. The molecule has 5 heteroatoms. The van der Waals surface area contributed by atoms with Crippen molar-refractivity contribution < 1.29 is 9.53 Å². The van der Waals surface area contributed by atoms with Crippen molar-refractivity contribution in [3.63, 3.8) is 0 Å². The Kier molecular flexibility index (Phi) is 6.25. The Balaban J connectivity index is 1.62. The van der Waals surface area contributed by atoms with Crippen LogP contribution in [0.2, 0.25) is 0 Å². The molecule has 1 amide bonds. The highest BCUT2D eigenvalue weighted by atomic mass is 32.1. The monoisotopic (exact) mass is 371 g/mol. The SMILES string of the molecule is COc1ccc(CCC(=O)N(Cc2cccs2)Cc2cccs2)cc1. The van der Waals surface area contributed by atoms with Gasteiger partial charge in [-0.3, -0.25) is 4.79 Å². The van der Waals surface area contributed by atoms with Gasteiger partial charge in [-0.25, -0.2) is 0 Å². The molecule has 1 aromatic carbocycles. The average Bonchev–Trinajstić information content (AvgIpc) is 3.33. The van der Waals surface area contributed by atoms with Crippen molar-refractivity contribution in [1.29, 1.82) is 0 Å². The third-order valence-electron chi connectivity index (χ3n) is 3.99. The number of benzene rings is 1. The number of carbonyl (C=O) groups excluding carboxylic acids is 1. The fraction of sp³-hybridized carbons (Fsp3) is 0.250. The van der Waals surface area contributed by atoms with Gasteiger partial charge in [-0.05, 0) is 47.0 Å². The lowest BCUT2D eigenvalue weighted by molar-refractivity contribution is -0.132. The Morgan fingerprint density at radius 2 is 1.56 bits per heavy atom. The van der Waals surface area contributed by atoms with E-state index in [1.165, 1.54) is 9.75 Å². The fourth-order valence-corrected chi connectivity index (χ4v) is 4.05. The summed E-state index contributed by atoms with van der Waals surface area (Å²) in [4.78, 5) is 17.2. The van der Waals surface area contributed by atoms with Gasteiger partial charge in [0, 0.05) is 16.2 Å². The van der Waals surface area contributed by atoms with E-state index in [1.54, 1.807) is 29.8 Å². The highest BCUT2D eigenvalue weighted by molar-refractivity contribution is 7.10. The van der Waals surface area contributed by atoms with E-state index < -0.39 is 0 Å². The van der Waals surface area contributed by atoms with Gasteiger partial charge in [0.2, 0.25) is 5.91 Å². The van der Waals surface area contributed by atoms with Crippen LogP contribution in [-0.2, 0) is 24.3 Å². The van der Waals surface area contributed by atoms with Gasteiger partial charge in [-0.15, -0.1) is 22.7 Å². The van der Waals surface area contributed by atoms with Gasteiger partial charge >= 0.3 is 0 Å². The van der Waals surface area contributed by atoms with Crippen LogP contribution < -0.4 is 4.74 Å². The summed E-state index contributed by atoms with van der Waals surface area (Å²) in [6, 6.07) is 16.2. The Hall–Kier alpha value is -2.11. The first-order valence-corrected chi connectivity index (χ1v) is 9.96. The molecule has 2 aromatic heterocycles. The maximum atomic E-state index is 12.8. The van der Waals surface area contributed by atoms with Crippen LogP contribution in [0.15, 0.2) is 59.3 Å². The predicted octanol–water partition coefficient (Wildman–Crippen LogP) is 4.98. The Morgan fingerprint density at radius 3 is 2.04 bits per heavy atom. The summed E-state index contributed by atoms with van der Waals surface area (Å²) in [6.45, 7) is 1.36. The topological polar surface area (TPSA) is 29.5 Å². The molecule has 3 rings (SSSR count). The van der Waals surface area contributed by atoms with Crippen LogP contribution in [0, 0.1) is 0 Å². The van der Waals surface area contributed by atoms with Crippen LogP contribution >= 0.6 is 22.7 Å². The van der Waals surface area contributed by atoms with E-state index in [-0.39, 0.29) is 5.91 Å². The second-order valence-electron chi connectivity index (χ2n) is 5.76. The van der Waals surface area contributed by atoms with Gasteiger partial charge < -0.3 is 9.64 Å². The zero-order chi connectivity index (χ0) is 17.5.